The van der Waals surface area contributed by atoms with Gasteiger partial charge in [-0.25, -0.2) is 4.39 Å². The molecule has 0 aromatic heterocycles. The van der Waals surface area contributed by atoms with Crippen molar-refractivity contribution in [1.82, 2.24) is 5.32 Å². The van der Waals surface area contributed by atoms with E-state index < -0.39 is 5.82 Å². The molecule has 1 fully saturated rings. The first-order valence-electron chi connectivity index (χ1n) is 5.13. The highest BCUT2D eigenvalue weighted by Crippen LogP contribution is 2.41. The topological polar surface area (TPSA) is 41.5 Å². The average Bonchev–Trinajstić information content (AvgIpc) is 2.76. The Morgan fingerprint density at radius 3 is 2.94 bits per heavy atom. The van der Waals surface area contributed by atoms with E-state index in [1.54, 1.807) is 0 Å². The van der Waals surface area contributed by atoms with Crippen molar-refractivity contribution in [2.24, 2.45) is 0 Å². The van der Waals surface area contributed by atoms with Gasteiger partial charge in [0.1, 0.15) is 0 Å². The van der Waals surface area contributed by atoms with Gasteiger partial charge >= 0.3 is 0 Å². The molecule has 0 spiro atoms. The molecular weight excluding hydrogens is 233 g/mol. The molecule has 1 aromatic rings. The van der Waals surface area contributed by atoms with Crippen molar-refractivity contribution in [2.75, 3.05) is 13.7 Å². The zero-order chi connectivity index (χ0) is 11.7. The summed E-state index contributed by atoms with van der Waals surface area (Å²) in [6.07, 6.45) is 1.79. The van der Waals surface area contributed by atoms with Gasteiger partial charge in [0.15, 0.2) is 17.3 Å². The number of ether oxygens (including phenoxy) is 1. The highest BCUT2D eigenvalue weighted by Gasteiger charge is 2.27. The standard InChI is InChI=1S/C11H13ClFNO2/c1-16-11-8(15)5-6(12)10(13)9(11)7-3-2-4-14-7/h5,7,14-15H,2-4H2,1H3. The van der Waals surface area contributed by atoms with Gasteiger partial charge in [-0.15, -0.1) is 0 Å². The number of halogens is 2. The molecule has 2 rings (SSSR count). The predicted molar refractivity (Wildman–Crippen MR) is 59.6 cm³/mol. The third kappa shape index (κ3) is 1.83. The molecule has 0 radical (unpaired) electrons. The van der Waals surface area contributed by atoms with Crippen molar-refractivity contribution < 1.29 is 14.2 Å². The van der Waals surface area contributed by atoms with E-state index in [0.29, 0.717) is 5.56 Å². The smallest absolute Gasteiger partial charge is 0.168 e. The number of aromatic hydroxyl groups is 1. The summed E-state index contributed by atoms with van der Waals surface area (Å²) in [5.74, 6) is -0.477. The molecule has 1 unspecified atom stereocenters. The molecule has 1 heterocycles. The second-order valence-electron chi connectivity index (χ2n) is 3.79. The van der Waals surface area contributed by atoms with Crippen molar-refractivity contribution in [2.45, 2.75) is 18.9 Å². The summed E-state index contributed by atoms with van der Waals surface area (Å²) < 4.78 is 19.0. The van der Waals surface area contributed by atoms with Gasteiger partial charge in [0, 0.05) is 12.1 Å². The molecule has 1 atom stereocenters. The fourth-order valence-corrected chi connectivity index (χ4v) is 2.28. The molecule has 1 aromatic carbocycles. The minimum Gasteiger partial charge on any atom is -0.504 e. The minimum atomic E-state index is -0.518. The molecule has 0 bridgehead atoms. The van der Waals surface area contributed by atoms with Crippen LogP contribution in [0.25, 0.3) is 0 Å². The normalized spacial score (nSPS) is 20.1. The van der Waals surface area contributed by atoms with Gasteiger partial charge in [-0.3, -0.25) is 0 Å². The molecule has 1 aliphatic rings. The number of benzene rings is 1. The van der Waals surface area contributed by atoms with Crippen LogP contribution in [0.5, 0.6) is 11.5 Å². The van der Waals surface area contributed by atoms with Crippen LogP contribution in [0, 0.1) is 5.82 Å². The largest absolute Gasteiger partial charge is 0.504 e. The zero-order valence-corrected chi connectivity index (χ0v) is 9.64. The number of phenols is 1. The van der Waals surface area contributed by atoms with Crippen molar-refractivity contribution in [3.8, 4) is 11.5 Å². The summed E-state index contributed by atoms with van der Waals surface area (Å²) in [5.41, 5.74) is 0.324. The Hall–Kier alpha value is -1.00. The van der Waals surface area contributed by atoms with Gasteiger partial charge in [-0.1, -0.05) is 11.6 Å². The summed E-state index contributed by atoms with van der Waals surface area (Å²) in [7, 11) is 1.40. The van der Waals surface area contributed by atoms with Crippen molar-refractivity contribution in [3.63, 3.8) is 0 Å². The van der Waals surface area contributed by atoms with Gasteiger partial charge in [0.2, 0.25) is 0 Å². The van der Waals surface area contributed by atoms with Crippen molar-refractivity contribution in [1.29, 1.82) is 0 Å². The first kappa shape index (κ1) is 11.5. The van der Waals surface area contributed by atoms with E-state index in [0.717, 1.165) is 25.5 Å². The van der Waals surface area contributed by atoms with Crippen LogP contribution in [0.1, 0.15) is 24.4 Å². The lowest BCUT2D eigenvalue weighted by molar-refractivity contribution is 0.358. The Morgan fingerprint density at radius 2 is 2.38 bits per heavy atom. The van der Waals surface area contributed by atoms with Crippen molar-refractivity contribution >= 4 is 11.6 Å². The summed E-state index contributed by atoms with van der Waals surface area (Å²) in [6.45, 7) is 0.834. The Morgan fingerprint density at radius 1 is 1.62 bits per heavy atom. The van der Waals surface area contributed by atoms with Crippen LogP contribution >= 0.6 is 11.6 Å². The van der Waals surface area contributed by atoms with Crippen molar-refractivity contribution in [3.05, 3.63) is 22.5 Å². The molecule has 5 heteroatoms. The van der Waals surface area contributed by atoms with E-state index in [9.17, 15) is 9.50 Å². The maximum absolute atomic E-state index is 13.9. The van der Waals surface area contributed by atoms with E-state index in [4.69, 9.17) is 16.3 Å². The second-order valence-corrected chi connectivity index (χ2v) is 4.19. The fraction of sp³-hybridized carbons (Fsp3) is 0.455. The third-order valence-corrected chi connectivity index (χ3v) is 3.07. The Labute approximate surface area is 98.2 Å². The molecule has 2 N–H and O–H groups in total. The number of hydrogen-bond acceptors (Lipinski definition) is 3. The van der Waals surface area contributed by atoms with Gasteiger partial charge in [-0.2, -0.15) is 0 Å². The van der Waals surface area contributed by atoms with Crippen LogP contribution in [-0.4, -0.2) is 18.8 Å². The molecule has 16 heavy (non-hydrogen) atoms. The van der Waals surface area contributed by atoms with Crippen LogP contribution < -0.4 is 10.1 Å². The van der Waals surface area contributed by atoms with Crippen LogP contribution in [-0.2, 0) is 0 Å². The summed E-state index contributed by atoms with van der Waals surface area (Å²) >= 11 is 5.71. The second kappa shape index (κ2) is 4.47. The molecule has 88 valence electrons. The number of nitrogens with one attached hydrogen (secondary N) is 1. The summed E-state index contributed by atoms with van der Waals surface area (Å²) in [5, 5.41) is 12.7. The molecule has 3 nitrogen and oxygen atoms in total. The average molecular weight is 246 g/mol. The number of phenolic OH excluding ortho intramolecular Hbond substituents is 1. The molecule has 0 saturated carbocycles. The van der Waals surface area contributed by atoms with Crippen LogP contribution in [0.15, 0.2) is 6.07 Å². The monoisotopic (exact) mass is 245 g/mol. The van der Waals surface area contributed by atoms with Gasteiger partial charge in [-0.05, 0) is 19.4 Å². The number of hydrogen-bond donors (Lipinski definition) is 2. The van der Waals surface area contributed by atoms with Crippen LogP contribution in [0.4, 0.5) is 4.39 Å². The van der Waals surface area contributed by atoms with Gasteiger partial charge in [0.25, 0.3) is 0 Å². The highest BCUT2D eigenvalue weighted by molar-refractivity contribution is 6.31. The maximum Gasteiger partial charge on any atom is 0.168 e. The molecule has 1 aliphatic heterocycles. The van der Waals surface area contributed by atoms with E-state index in [1.165, 1.54) is 7.11 Å². The van der Waals surface area contributed by atoms with E-state index in [-0.39, 0.29) is 22.6 Å². The Kier molecular flexibility index (Phi) is 3.21. The van der Waals surface area contributed by atoms with Gasteiger partial charge in [0.05, 0.1) is 17.7 Å². The summed E-state index contributed by atoms with van der Waals surface area (Å²) in [6, 6.07) is 1.02. The lowest BCUT2D eigenvalue weighted by atomic mass is 10.0. The highest BCUT2D eigenvalue weighted by atomic mass is 35.5. The number of rotatable bonds is 2. The third-order valence-electron chi connectivity index (χ3n) is 2.80. The Balaban J connectivity index is 2.54. The zero-order valence-electron chi connectivity index (χ0n) is 8.89. The van der Waals surface area contributed by atoms with E-state index in [1.807, 2.05) is 0 Å². The lowest BCUT2D eigenvalue weighted by Gasteiger charge is -2.17. The molecule has 0 amide bonds. The first-order valence-corrected chi connectivity index (χ1v) is 5.51. The van der Waals surface area contributed by atoms with E-state index in [2.05, 4.69) is 5.32 Å². The molecule has 0 aliphatic carbocycles. The summed E-state index contributed by atoms with van der Waals surface area (Å²) in [4.78, 5) is 0. The predicted octanol–water partition coefficient (Wildman–Crippen LogP) is 2.62. The molecular formula is C11H13ClFNO2. The first-order chi connectivity index (χ1) is 7.65. The molecule has 1 saturated heterocycles. The SMILES string of the molecule is COc1c(O)cc(Cl)c(F)c1C1CCCN1. The maximum atomic E-state index is 13.9. The lowest BCUT2D eigenvalue weighted by Crippen LogP contribution is -2.15. The van der Waals surface area contributed by atoms with Gasteiger partial charge < -0.3 is 15.2 Å². The van der Waals surface area contributed by atoms with E-state index >= 15 is 0 Å². The van der Waals surface area contributed by atoms with Crippen LogP contribution in [0.3, 0.4) is 0 Å². The van der Waals surface area contributed by atoms with Crippen LogP contribution in [0.2, 0.25) is 5.02 Å². The minimum absolute atomic E-state index is 0.0815. The Bertz CT molecular complexity index is 405. The number of methoxy groups -OCH3 is 1. The fourth-order valence-electron chi connectivity index (χ4n) is 2.07. The quantitative estimate of drug-likeness (QED) is 0.842.